The Hall–Kier alpha value is -2.05. The van der Waals surface area contributed by atoms with E-state index in [0.29, 0.717) is 6.54 Å². The number of nitrogens with zero attached hydrogens (tertiary/aromatic N) is 1. The van der Waals surface area contributed by atoms with Crippen LogP contribution in [0.2, 0.25) is 5.02 Å². The summed E-state index contributed by atoms with van der Waals surface area (Å²) in [6, 6.07) is 14.7. The highest BCUT2D eigenvalue weighted by atomic mass is 35.5. The number of anilines is 1. The molecule has 0 atom stereocenters. The Bertz CT molecular complexity index is 672. The molecule has 0 spiro atoms. The number of benzene rings is 2. The molecule has 0 unspecified atom stereocenters. The Morgan fingerprint density at radius 2 is 1.86 bits per heavy atom. The van der Waals surface area contributed by atoms with Crippen molar-refractivity contribution in [2.75, 3.05) is 5.32 Å². The van der Waals surface area contributed by atoms with Crippen molar-refractivity contribution in [2.24, 2.45) is 0 Å². The summed E-state index contributed by atoms with van der Waals surface area (Å²) in [5.41, 5.74) is 2.32. The standard InChI is InChI=1S/C17H16ClFN2/c1-17(2,11-20)13-4-6-14(7-5-13)21-10-12-3-8-16(19)15(18)9-12/h3-9,21H,10H2,1-2H3. The van der Waals surface area contributed by atoms with Crippen molar-refractivity contribution in [3.05, 3.63) is 64.4 Å². The van der Waals surface area contributed by atoms with Crippen LogP contribution in [-0.4, -0.2) is 0 Å². The van der Waals surface area contributed by atoms with Gasteiger partial charge in [0, 0.05) is 12.2 Å². The van der Waals surface area contributed by atoms with Crippen molar-refractivity contribution in [3.63, 3.8) is 0 Å². The van der Waals surface area contributed by atoms with Gasteiger partial charge in [-0.2, -0.15) is 5.26 Å². The van der Waals surface area contributed by atoms with Gasteiger partial charge >= 0.3 is 0 Å². The Morgan fingerprint density at radius 3 is 2.43 bits per heavy atom. The van der Waals surface area contributed by atoms with Crippen molar-refractivity contribution in [2.45, 2.75) is 25.8 Å². The molecule has 0 fully saturated rings. The molecular formula is C17H16ClFN2. The molecule has 2 rings (SSSR count). The molecule has 0 aliphatic rings. The van der Waals surface area contributed by atoms with Crippen LogP contribution < -0.4 is 5.32 Å². The molecule has 0 aliphatic carbocycles. The molecule has 0 bridgehead atoms. The van der Waals surface area contributed by atoms with Crippen molar-refractivity contribution < 1.29 is 4.39 Å². The molecule has 2 aromatic rings. The minimum atomic E-state index is -0.497. The lowest BCUT2D eigenvalue weighted by Crippen LogP contribution is -2.13. The minimum absolute atomic E-state index is 0.125. The fourth-order valence-electron chi connectivity index (χ4n) is 1.92. The van der Waals surface area contributed by atoms with E-state index >= 15 is 0 Å². The predicted octanol–water partition coefficient (Wildman–Crippen LogP) is 4.89. The first kappa shape index (κ1) is 15.3. The SMILES string of the molecule is CC(C)(C#N)c1ccc(NCc2ccc(F)c(Cl)c2)cc1. The number of halogens is 2. The van der Waals surface area contributed by atoms with Crippen LogP contribution in [0.15, 0.2) is 42.5 Å². The summed E-state index contributed by atoms with van der Waals surface area (Å²) in [7, 11) is 0. The molecule has 0 saturated carbocycles. The van der Waals surface area contributed by atoms with Crippen LogP contribution in [0.1, 0.15) is 25.0 Å². The van der Waals surface area contributed by atoms with Crippen LogP contribution >= 0.6 is 11.6 Å². The summed E-state index contributed by atoms with van der Waals surface area (Å²) in [4.78, 5) is 0. The summed E-state index contributed by atoms with van der Waals surface area (Å²) >= 11 is 5.75. The Kier molecular flexibility index (Phi) is 4.50. The molecule has 1 N–H and O–H groups in total. The van der Waals surface area contributed by atoms with E-state index < -0.39 is 11.2 Å². The lowest BCUT2D eigenvalue weighted by molar-refractivity contribution is 0.627. The third-order valence-corrected chi connectivity index (χ3v) is 3.66. The molecule has 108 valence electrons. The molecule has 0 aromatic heterocycles. The molecule has 0 radical (unpaired) electrons. The molecule has 21 heavy (non-hydrogen) atoms. The van der Waals surface area contributed by atoms with Gasteiger partial charge in [-0.25, -0.2) is 4.39 Å². The van der Waals surface area contributed by atoms with E-state index in [2.05, 4.69) is 11.4 Å². The largest absolute Gasteiger partial charge is 0.381 e. The second kappa shape index (κ2) is 6.15. The first-order valence-electron chi connectivity index (χ1n) is 6.62. The molecule has 0 aliphatic heterocycles. The quantitative estimate of drug-likeness (QED) is 0.872. The zero-order chi connectivity index (χ0) is 15.5. The van der Waals surface area contributed by atoms with Crippen LogP contribution in [0.4, 0.5) is 10.1 Å². The van der Waals surface area contributed by atoms with Gasteiger partial charge in [-0.05, 0) is 49.2 Å². The molecule has 2 aromatic carbocycles. The fraction of sp³-hybridized carbons (Fsp3) is 0.235. The number of hydrogen-bond donors (Lipinski definition) is 1. The van der Waals surface area contributed by atoms with E-state index in [9.17, 15) is 4.39 Å². The lowest BCUT2D eigenvalue weighted by atomic mass is 9.86. The topological polar surface area (TPSA) is 35.8 Å². The molecular weight excluding hydrogens is 287 g/mol. The zero-order valence-corrected chi connectivity index (χ0v) is 12.7. The third-order valence-electron chi connectivity index (χ3n) is 3.37. The normalized spacial score (nSPS) is 11.0. The summed E-state index contributed by atoms with van der Waals surface area (Å²) in [6.07, 6.45) is 0. The highest BCUT2D eigenvalue weighted by Gasteiger charge is 2.18. The van der Waals surface area contributed by atoms with E-state index in [-0.39, 0.29) is 5.02 Å². The average Bonchev–Trinajstić information content (AvgIpc) is 2.49. The summed E-state index contributed by atoms with van der Waals surface area (Å²) < 4.78 is 13.1. The van der Waals surface area contributed by atoms with Crippen molar-refractivity contribution in [1.29, 1.82) is 5.26 Å². The smallest absolute Gasteiger partial charge is 0.141 e. The van der Waals surface area contributed by atoms with Crippen LogP contribution in [0, 0.1) is 17.1 Å². The first-order chi connectivity index (χ1) is 9.92. The van der Waals surface area contributed by atoms with E-state index in [1.807, 2.05) is 38.1 Å². The van der Waals surface area contributed by atoms with Gasteiger partial charge in [0.05, 0.1) is 16.5 Å². The fourth-order valence-corrected chi connectivity index (χ4v) is 2.13. The van der Waals surface area contributed by atoms with Gasteiger partial charge < -0.3 is 5.32 Å². The number of nitriles is 1. The van der Waals surface area contributed by atoms with E-state index in [4.69, 9.17) is 16.9 Å². The molecule has 0 amide bonds. The monoisotopic (exact) mass is 302 g/mol. The maximum absolute atomic E-state index is 13.1. The second-order valence-corrected chi connectivity index (χ2v) is 5.82. The second-order valence-electron chi connectivity index (χ2n) is 5.42. The van der Waals surface area contributed by atoms with Crippen LogP contribution in [0.3, 0.4) is 0 Å². The highest BCUT2D eigenvalue weighted by molar-refractivity contribution is 6.30. The average molecular weight is 303 g/mol. The van der Waals surface area contributed by atoms with Gasteiger partial charge in [-0.1, -0.05) is 29.8 Å². The van der Waals surface area contributed by atoms with Crippen LogP contribution in [0.5, 0.6) is 0 Å². The predicted molar refractivity (Wildman–Crippen MR) is 83.8 cm³/mol. The Morgan fingerprint density at radius 1 is 1.19 bits per heavy atom. The molecule has 4 heteroatoms. The molecule has 2 nitrogen and oxygen atoms in total. The van der Waals surface area contributed by atoms with Gasteiger partial charge in [-0.3, -0.25) is 0 Å². The summed E-state index contributed by atoms with van der Waals surface area (Å²) in [5.74, 6) is -0.413. The van der Waals surface area contributed by atoms with E-state index in [1.54, 1.807) is 12.1 Å². The zero-order valence-electron chi connectivity index (χ0n) is 12.0. The maximum Gasteiger partial charge on any atom is 0.141 e. The van der Waals surface area contributed by atoms with Gasteiger partial charge in [0.15, 0.2) is 0 Å². The van der Waals surface area contributed by atoms with Crippen molar-refractivity contribution in [1.82, 2.24) is 0 Å². The van der Waals surface area contributed by atoms with E-state index in [1.165, 1.54) is 6.07 Å². The molecule has 0 saturated heterocycles. The van der Waals surface area contributed by atoms with Gasteiger partial charge in [-0.15, -0.1) is 0 Å². The number of nitrogens with one attached hydrogen (secondary N) is 1. The Labute approximate surface area is 129 Å². The Balaban J connectivity index is 2.04. The highest BCUT2D eigenvalue weighted by Crippen LogP contribution is 2.24. The van der Waals surface area contributed by atoms with Crippen molar-refractivity contribution in [3.8, 4) is 6.07 Å². The van der Waals surface area contributed by atoms with Gasteiger partial charge in [0.1, 0.15) is 5.82 Å². The van der Waals surface area contributed by atoms with Gasteiger partial charge in [0.2, 0.25) is 0 Å². The maximum atomic E-state index is 13.1. The summed E-state index contributed by atoms with van der Waals surface area (Å²) in [6.45, 7) is 4.33. The minimum Gasteiger partial charge on any atom is -0.381 e. The number of rotatable bonds is 4. The summed E-state index contributed by atoms with van der Waals surface area (Å²) in [5, 5.41) is 12.5. The van der Waals surface area contributed by atoms with Crippen molar-refractivity contribution >= 4 is 17.3 Å². The van der Waals surface area contributed by atoms with E-state index in [0.717, 1.165) is 16.8 Å². The lowest BCUT2D eigenvalue weighted by Gasteiger charge is -2.16. The molecule has 0 heterocycles. The first-order valence-corrected chi connectivity index (χ1v) is 7.00. The van der Waals surface area contributed by atoms with Crippen LogP contribution in [-0.2, 0) is 12.0 Å². The van der Waals surface area contributed by atoms with Gasteiger partial charge in [0.25, 0.3) is 0 Å². The number of hydrogen-bond acceptors (Lipinski definition) is 2. The third kappa shape index (κ3) is 3.74. The van der Waals surface area contributed by atoms with Crippen LogP contribution in [0.25, 0.3) is 0 Å².